The lowest BCUT2D eigenvalue weighted by atomic mass is 9.64. The second-order valence-corrected chi connectivity index (χ2v) is 5.60. The Morgan fingerprint density at radius 2 is 2.22 bits per heavy atom. The molecule has 0 spiro atoms. The third-order valence-electron chi connectivity index (χ3n) is 4.67. The number of amides is 1. The Balaban J connectivity index is 2.00. The maximum atomic E-state index is 11.6. The topological polar surface area (TPSA) is 46.3 Å². The maximum absolute atomic E-state index is 11.6. The fraction of sp³-hybridized carbons (Fsp3) is 0.533. The van der Waals surface area contributed by atoms with Crippen molar-refractivity contribution in [2.75, 3.05) is 18.0 Å². The SMILES string of the molecule is CC(=O)N1CCc2ccc(C3(CN)CCC3)cc21. The van der Waals surface area contributed by atoms with Gasteiger partial charge in [0.2, 0.25) is 5.91 Å². The molecule has 2 N–H and O–H groups in total. The average molecular weight is 244 g/mol. The third kappa shape index (κ3) is 1.57. The Hall–Kier alpha value is -1.35. The van der Waals surface area contributed by atoms with Crippen LogP contribution in [0, 0.1) is 0 Å². The van der Waals surface area contributed by atoms with Crippen molar-refractivity contribution < 1.29 is 4.79 Å². The zero-order valence-corrected chi connectivity index (χ0v) is 10.9. The van der Waals surface area contributed by atoms with E-state index in [0.717, 1.165) is 18.7 Å². The first-order chi connectivity index (χ1) is 8.66. The van der Waals surface area contributed by atoms with Gasteiger partial charge < -0.3 is 10.6 Å². The smallest absolute Gasteiger partial charge is 0.223 e. The van der Waals surface area contributed by atoms with Gasteiger partial charge in [-0.15, -0.1) is 0 Å². The van der Waals surface area contributed by atoms with Crippen molar-refractivity contribution in [3.05, 3.63) is 29.3 Å². The fourth-order valence-corrected chi connectivity index (χ4v) is 3.25. The Bertz CT molecular complexity index is 486. The van der Waals surface area contributed by atoms with Crippen LogP contribution in [0.5, 0.6) is 0 Å². The van der Waals surface area contributed by atoms with Gasteiger partial charge in [0.25, 0.3) is 0 Å². The lowest BCUT2D eigenvalue weighted by molar-refractivity contribution is -0.116. The summed E-state index contributed by atoms with van der Waals surface area (Å²) >= 11 is 0. The summed E-state index contributed by atoms with van der Waals surface area (Å²) in [5.74, 6) is 0.140. The normalized spacial score (nSPS) is 20.4. The van der Waals surface area contributed by atoms with E-state index in [-0.39, 0.29) is 11.3 Å². The van der Waals surface area contributed by atoms with Gasteiger partial charge in [0.1, 0.15) is 0 Å². The maximum Gasteiger partial charge on any atom is 0.223 e. The van der Waals surface area contributed by atoms with Gasteiger partial charge in [0, 0.05) is 31.1 Å². The molecule has 2 aliphatic rings. The monoisotopic (exact) mass is 244 g/mol. The van der Waals surface area contributed by atoms with Gasteiger partial charge >= 0.3 is 0 Å². The summed E-state index contributed by atoms with van der Waals surface area (Å²) in [6.45, 7) is 3.18. The molecule has 1 aliphatic carbocycles. The number of benzene rings is 1. The van der Waals surface area contributed by atoms with Crippen molar-refractivity contribution in [1.82, 2.24) is 0 Å². The summed E-state index contributed by atoms with van der Waals surface area (Å²) in [6, 6.07) is 6.60. The summed E-state index contributed by atoms with van der Waals surface area (Å²) in [6.07, 6.45) is 4.61. The minimum atomic E-state index is 0.140. The van der Waals surface area contributed by atoms with E-state index < -0.39 is 0 Å². The largest absolute Gasteiger partial charge is 0.330 e. The molecule has 0 bridgehead atoms. The summed E-state index contributed by atoms with van der Waals surface area (Å²) in [4.78, 5) is 13.5. The molecule has 1 aromatic carbocycles. The van der Waals surface area contributed by atoms with E-state index in [4.69, 9.17) is 5.73 Å². The second-order valence-electron chi connectivity index (χ2n) is 5.60. The van der Waals surface area contributed by atoms with Crippen LogP contribution in [-0.2, 0) is 16.6 Å². The number of carbonyl (C=O) groups is 1. The minimum Gasteiger partial charge on any atom is -0.330 e. The van der Waals surface area contributed by atoms with Gasteiger partial charge in [-0.2, -0.15) is 0 Å². The molecule has 3 rings (SSSR count). The van der Waals surface area contributed by atoms with Gasteiger partial charge in [0.05, 0.1) is 0 Å². The van der Waals surface area contributed by atoms with Crippen LogP contribution in [-0.4, -0.2) is 19.0 Å². The lowest BCUT2D eigenvalue weighted by Crippen LogP contribution is -2.41. The van der Waals surface area contributed by atoms with Crippen molar-refractivity contribution in [2.45, 2.75) is 38.0 Å². The van der Waals surface area contributed by atoms with E-state index in [1.54, 1.807) is 6.92 Å². The zero-order chi connectivity index (χ0) is 12.8. The van der Waals surface area contributed by atoms with Crippen LogP contribution < -0.4 is 10.6 Å². The number of nitrogens with two attached hydrogens (primary N) is 1. The molecule has 3 nitrogen and oxygen atoms in total. The molecular weight excluding hydrogens is 224 g/mol. The molecule has 1 amide bonds. The first-order valence-corrected chi connectivity index (χ1v) is 6.78. The molecule has 96 valence electrons. The number of nitrogens with zero attached hydrogens (tertiary/aromatic N) is 1. The van der Waals surface area contributed by atoms with E-state index >= 15 is 0 Å². The van der Waals surface area contributed by atoms with Crippen molar-refractivity contribution in [2.24, 2.45) is 5.73 Å². The molecule has 18 heavy (non-hydrogen) atoms. The van der Waals surface area contributed by atoms with Crippen molar-refractivity contribution in [3.8, 4) is 0 Å². The molecule has 1 aromatic rings. The number of rotatable bonds is 2. The average Bonchev–Trinajstić information content (AvgIpc) is 2.71. The highest BCUT2D eigenvalue weighted by atomic mass is 16.2. The number of hydrogen-bond donors (Lipinski definition) is 1. The standard InChI is InChI=1S/C15H20N2O/c1-11(18)17-8-5-12-3-4-13(9-14(12)17)15(10-16)6-2-7-15/h3-4,9H,2,5-8,10,16H2,1H3. The Kier molecular flexibility index (Phi) is 2.67. The molecule has 3 heteroatoms. The Labute approximate surface area is 108 Å². The Morgan fingerprint density at radius 1 is 1.44 bits per heavy atom. The van der Waals surface area contributed by atoms with Crippen molar-refractivity contribution in [1.29, 1.82) is 0 Å². The third-order valence-corrected chi connectivity index (χ3v) is 4.67. The minimum absolute atomic E-state index is 0.140. The molecule has 0 saturated heterocycles. The molecule has 0 atom stereocenters. The van der Waals surface area contributed by atoms with Crippen LogP contribution in [0.25, 0.3) is 0 Å². The molecule has 0 unspecified atom stereocenters. The van der Waals surface area contributed by atoms with E-state index in [2.05, 4.69) is 18.2 Å². The fourth-order valence-electron chi connectivity index (χ4n) is 3.25. The molecular formula is C15H20N2O. The van der Waals surface area contributed by atoms with Crippen LogP contribution in [0.4, 0.5) is 5.69 Å². The predicted molar refractivity (Wildman–Crippen MR) is 72.8 cm³/mol. The van der Waals surface area contributed by atoms with Gasteiger partial charge in [-0.25, -0.2) is 0 Å². The van der Waals surface area contributed by atoms with Crippen molar-refractivity contribution >= 4 is 11.6 Å². The highest BCUT2D eigenvalue weighted by molar-refractivity contribution is 5.93. The van der Waals surface area contributed by atoms with E-state index in [0.29, 0.717) is 6.54 Å². The van der Waals surface area contributed by atoms with E-state index in [1.165, 1.54) is 30.4 Å². The summed E-state index contributed by atoms with van der Waals surface area (Å²) in [7, 11) is 0. The van der Waals surface area contributed by atoms with Crippen LogP contribution in [0.1, 0.15) is 37.3 Å². The van der Waals surface area contributed by atoms with Gasteiger partial charge in [-0.1, -0.05) is 18.6 Å². The molecule has 0 radical (unpaired) electrons. The first kappa shape index (κ1) is 11.7. The number of hydrogen-bond acceptors (Lipinski definition) is 2. The van der Waals surface area contributed by atoms with E-state index in [1.807, 2.05) is 4.90 Å². The lowest BCUT2D eigenvalue weighted by Gasteiger charge is -2.42. The Morgan fingerprint density at radius 3 is 2.78 bits per heavy atom. The summed E-state index contributed by atoms with van der Waals surface area (Å²) < 4.78 is 0. The number of anilines is 1. The van der Waals surface area contributed by atoms with E-state index in [9.17, 15) is 4.79 Å². The second kappa shape index (κ2) is 4.09. The predicted octanol–water partition coefficient (Wildman–Crippen LogP) is 1.98. The number of carbonyl (C=O) groups excluding carboxylic acids is 1. The van der Waals surface area contributed by atoms with Crippen LogP contribution >= 0.6 is 0 Å². The molecule has 0 aromatic heterocycles. The van der Waals surface area contributed by atoms with Crippen molar-refractivity contribution in [3.63, 3.8) is 0 Å². The summed E-state index contributed by atoms with van der Waals surface area (Å²) in [5, 5.41) is 0. The molecule has 1 heterocycles. The quantitative estimate of drug-likeness (QED) is 0.864. The molecule has 1 fully saturated rings. The first-order valence-electron chi connectivity index (χ1n) is 6.78. The molecule has 1 saturated carbocycles. The summed E-state index contributed by atoms with van der Waals surface area (Å²) in [5.41, 5.74) is 9.87. The number of fused-ring (bicyclic) bond motifs is 1. The van der Waals surface area contributed by atoms with Crippen LogP contribution in [0.3, 0.4) is 0 Å². The highest BCUT2D eigenvalue weighted by Gasteiger charge is 2.38. The van der Waals surface area contributed by atoms with Crippen LogP contribution in [0.2, 0.25) is 0 Å². The van der Waals surface area contributed by atoms with Gasteiger partial charge in [0.15, 0.2) is 0 Å². The highest BCUT2D eigenvalue weighted by Crippen LogP contribution is 2.44. The van der Waals surface area contributed by atoms with Gasteiger partial charge in [-0.3, -0.25) is 4.79 Å². The van der Waals surface area contributed by atoms with Gasteiger partial charge in [-0.05, 0) is 36.5 Å². The van der Waals surface area contributed by atoms with Crippen LogP contribution in [0.15, 0.2) is 18.2 Å². The zero-order valence-electron chi connectivity index (χ0n) is 10.9. The molecule has 1 aliphatic heterocycles.